The van der Waals surface area contributed by atoms with Crippen LogP contribution in [0.2, 0.25) is 0 Å². The highest BCUT2D eigenvalue weighted by Crippen LogP contribution is 2.39. The Kier molecular flexibility index (Phi) is 4.05. The van der Waals surface area contributed by atoms with Crippen molar-refractivity contribution in [2.45, 2.75) is 30.7 Å². The molecule has 0 atom stereocenters. The maximum atomic E-state index is 12.6. The molecule has 1 aliphatic heterocycles. The minimum atomic E-state index is 0.0594. The number of carbonyl (C=O) groups is 1. The van der Waals surface area contributed by atoms with Gasteiger partial charge in [-0.3, -0.25) is 4.79 Å². The summed E-state index contributed by atoms with van der Waals surface area (Å²) in [5.74, 6) is 1.73. The fraction of sp³-hybridized carbons (Fsp3) is 0.316. The van der Waals surface area contributed by atoms with Crippen LogP contribution in [0.15, 0.2) is 29.6 Å². The summed E-state index contributed by atoms with van der Waals surface area (Å²) in [7, 11) is 0. The van der Waals surface area contributed by atoms with Crippen LogP contribution < -0.4 is 9.47 Å². The largest absolute Gasteiger partial charge is 0.454 e. The van der Waals surface area contributed by atoms with Gasteiger partial charge < -0.3 is 9.47 Å². The van der Waals surface area contributed by atoms with Crippen molar-refractivity contribution >= 4 is 39.1 Å². The van der Waals surface area contributed by atoms with E-state index in [9.17, 15) is 4.79 Å². The second-order valence-corrected chi connectivity index (χ2v) is 8.40. The Balaban J connectivity index is 1.40. The minimum Gasteiger partial charge on any atom is -0.454 e. The van der Waals surface area contributed by atoms with Crippen LogP contribution >= 0.6 is 23.1 Å². The monoisotopic (exact) mass is 384 g/mol. The molecule has 26 heavy (non-hydrogen) atoms. The van der Waals surface area contributed by atoms with Gasteiger partial charge >= 0.3 is 0 Å². The van der Waals surface area contributed by atoms with Crippen molar-refractivity contribution in [3.05, 3.63) is 40.5 Å². The molecule has 1 aliphatic carbocycles. The van der Waals surface area contributed by atoms with E-state index in [-0.39, 0.29) is 12.6 Å². The van der Waals surface area contributed by atoms with Crippen LogP contribution in [0.4, 0.5) is 0 Å². The maximum absolute atomic E-state index is 12.6. The third-order valence-electron chi connectivity index (χ3n) is 4.75. The minimum absolute atomic E-state index is 0.0594. The lowest BCUT2D eigenvalue weighted by molar-refractivity contribution is 0.102. The summed E-state index contributed by atoms with van der Waals surface area (Å²) in [6, 6.07) is 5.34. The third kappa shape index (κ3) is 2.75. The highest BCUT2D eigenvalue weighted by molar-refractivity contribution is 8.00. The number of thioether (sulfide) groups is 1. The maximum Gasteiger partial charge on any atom is 0.231 e. The Hall–Kier alpha value is -2.12. The Labute approximate surface area is 158 Å². The molecule has 0 radical (unpaired) electrons. The second kappa shape index (κ2) is 6.55. The quantitative estimate of drug-likeness (QED) is 0.380. The lowest BCUT2D eigenvalue weighted by Crippen LogP contribution is -2.03. The second-order valence-electron chi connectivity index (χ2n) is 6.35. The van der Waals surface area contributed by atoms with Crippen LogP contribution in [-0.4, -0.2) is 28.3 Å². The van der Waals surface area contributed by atoms with Crippen molar-refractivity contribution in [2.75, 3.05) is 12.5 Å². The van der Waals surface area contributed by atoms with Crippen molar-refractivity contribution in [2.24, 2.45) is 0 Å². The molecule has 0 unspecified atom stereocenters. The van der Waals surface area contributed by atoms with Crippen LogP contribution in [0, 0.1) is 0 Å². The summed E-state index contributed by atoms with van der Waals surface area (Å²) in [6.07, 6.45) is 6.30. The van der Waals surface area contributed by atoms with E-state index in [1.165, 1.54) is 35.0 Å². The van der Waals surface area contributed by atoms with Crippen LogP contribution in [0.25, 0.3) is 10.2 Å². The van der Waals surface area contributed by atoms with Crippen LogP contribution in [0.5, 0.6) is 11.5 Å². The molecular weight excluding hydrogens is 368 g/mol. The molecular formula is C19H16N2O3S2. The Morgan fingerprint density at radius 2 is 2.04 bits per heavy atom. The summed E-state index contributed by atoms with van der Waals surface area (Å²) in [4.78, 5) is 24.0. The summed E-state index contributed by atoms with van der Waals surface area (Å²) in [6.45, 7) is 0.212. The van der Waals surface area contributed by atoms with Crippen molar-refractivity contribution < 1.29 is 14.3 Å². The van der Waals surface area contributed by atoms with Gasteiger partial charge in [0.2, 0.25) is 6.79 Å². The highest BCUT2D eigenvalue weighted by atomic mass is 32.2. The summed E-state index contributed by atoms with van der Waals surface area (Å²) < 4.78 is 10.7. The molecule has 2 aliphatic rings. The van der Waals surface area contributed by atoms with Crippen molar-refractivity contribution in [1.82, 2.24) is 9.97 Å². The van der Waals surface area contributed by atoms with Gasteiger partial charge in [0.15, 0.2) is 17.3 Å². The fourth-order valence-electron chi connectivity index (χ4n) is 3.46. The van der Waals surface area contributed by atoms with E-state index in [1.54, 1.807) is 35.9 Å². The number of thiophene rings is 1. The molecule has 1 aromatic carbocycles. The topological polar surface area (TPSA) is 61.3 Å². The number of aromatic nitrogens is 2. The summed E-state index contributed by atoms with van der Waals surface area (Å²) >= 11 is 3.28. The van der Waals surface area contributed by atoms with Gasteiger partial charge in [0.05, 0.1) is 5.75 Å². The van der Waals surface area contributed by atoms with Gasteiger partial charge in [-0.2, -0.15) is 0 Å². The first-order valence-electron chi connectivity index (χ1n) is 8.60. The van der Waals surface area contributed by atoms with Crippen molar-refractivity contribution in [1.29, 1.82) is 0 Å². The number of aryl methyl sites for hydroxylation is 2. The smallest absolute Gasteiger partial charge is 0.231 e. The first-order chi connectivity index (χ1) is 12.8. The molecule has 132 valence electrons. The molecule has 3 heterocycles. The zero-order valence-corrected chi connectivity index (χ0v) is 15.6. The molecule has 5 rings (SSSR count). The van der Waals surface area contributed by atoms with Gasteiger partial charge in [-0.25, -0.2) is 9.97 Å². The molecule has 0 N–H and O–H groups in total. The van der Waals surface area contributed by atoms with Gasteiger partial charge in [-0.15, -0.1) is 11.3 Å². The number of nitrogens with zero attached hydrogens (tertiary/aromatic N) is 2. The Morgan fingerprint density at radius 1 is 1.15 bits per heavy atom. The van der Waals surface area contributed by atoms with Gasteiger partial charge in [0, 0.05) is 15.8 Å². The SMILES string of the molecule is O=C(CSc1ncnc2sc3c(c12)CCCC3)c1ccc2c(c1)OCO2. The van der Waals surface area contributed by atoms with E-state index in [2.05, 4.69) is 9.97 Å². The van der Waals surface area contributed by atoms with E-state index in [4.69, 9.17) is 9.47 Å². The van der Waals surface area contributed by atoms with Crippen LogP contribution in [-0.2, 0) is 12.8 Å². The average molecular weight is 384 g/mol. The predicted octanol–water partition coefficient (Wildman–Crippen LogP) is 4.27. The molecule has 3 aromatic rings. The summed E-state index contributed by atoms with van der Waals surface area (Å²) in [5, 5.41) is 2.08. The number of carbonyl (C=O) groups excluding carboxylic acids is 1. The standard InChI is InChI=1S/C19H16N2O3S2/c22-13(11-5-6-14-15(7-11)24-10-23-14)8-25-18-17-12-3-1-2-4-16(12)26-19(17)21-9-20-18/h5-7,9H,1-4,8,10H2. The van der Waals surface area contributed by atoms with Gasteiger partial charge in [0.25, 0.3) is 0 Å². The molecule has 0 spiro atoms. The van der Waals surface area contributed by atoms with Gasteiger partial charge in [-0.05, 0) is 49.4 Å². The van der Waals surface area contributed by atoms with E-state index >= 15 is 0 Å². The van der Waals surface area contributed by atoms with Gasteiger partial charge in [-0.1, -0.05) is 11.8 Å². The first-order valence-corrected chi connectivity index (χ1v) is 10.4. The van der Waals surface area contributed by atoms with Crippen LogP contribution in [0.1, 0.15) is 33.6 Å². The number of benzene rings is 1. The number of ether oxygens (including phenoxy) is 2. The predicted molar refractivity (Wildman–Crippen MR) is 102 cm³/mol. The summed E-state index contributed by atoms with van der Waals surface area (Å²) in [5.41, 5.74) is 2.04. The number of hydrogen-bond donors (Lipinski definition) is 0. The Morgan fingerprint density at radius 3 is 3.00 bits per heavy atom. The van der Waals surface area contributed by atoms with Crippen molar-refractivity contribution in [3.63, 3.8) is 0 Å². The Bertz CT molecular complexity index is 1020. The average Bonchev–Trinajstić information content (AvgIpc) is 3.29. The number of rotatable bonds is 4. The third-order valence-corrected chi connectivity index (χ3v) is 6.94. The number of Topliss-reactive ketones (excluding diaryl/α,β-unsaturated/α-hetero) is 1. The zero-order chi connectivity index (χ0) is 17.5. The molecule has 5 nitrogen and oxygen atoms in total. The molecule has 0 fully saturated rings. The lowest BCUT2D eigenvalue weighted by atomic mass is 9.97. The van der Waals surface area contributed by atoms with E-state index < -0.39 is 0 Å². The van der Waals surface area contributed by atoms with Gasteiger partial charge in [0.1, 0.15) is 16.2 Å². The molecule has 0 saturated carbocycles. The highest BCUT2D eigenvalue weighted by Gasteiger charge is 2.21. The molecule has 7 heteroatoms. The molecule has 0 saturated heterocycles. The number of fused-ring (bicyclic) bond motifs is 4. The van der Waals surface area contributed by atoms with E-state index in [0.717, 1.165) is 28.1 Å². The van der Waals surface area contributed by atoms with E-state index in [1.807, 2.05) is 0 Å². The van der Waals surface area contributed by atoms with Crippen molar-refractivity contribution in [3.8, 4) is 11.5 Å². The number of ketones is 1. The molecule has 2 aromatic heterocycles. The molecule has 0 amide bonds. The number of hydrogen-bond acceptors (Lipinski definition) is 7. The fourth-order valence-corrected chi connectivity index (χ4v) is 5.67. The molecule has 0 bridgehead atoms. The van der Waals surface area contributed by atoms with E-state index in [0.29, 0.717) is 22.8 Å². The normalized spacial score (nSPS) is 15.2. The first kappa shape index (κ1) is 16.1. The zero-order valence-electron chi connectivity index (χ0n) is 14.0. The van der Waals surface area contributed by atoms with Crippen LogP contribution in [0.3, 0.4) is 0 Å². The lowest BCUT2D eigenvalue weighted by Gasteiger charge is -2.11.